The summed E-state index contributed by atoms with van der Waals surface area (Å²) in [5.74, 6) is -1.67. The van der Waals surface area contributed by atoms with Crippen LogP contribution in [0.1, 0.15) is 6.42 Å². The van der Waals surface area contributed by atoms with Crippen molar-refractivity contribution in [2.75, 3.05) is 19.6 Å². The molecule has 0 aromatic heterocycles. The molecular formula is C11H15ClF2N2O2S. The van der Waals surface area contributed by atoms with Crippen molar-refractivity contribution in [3.63, 3.8) is 0 Å². The van der Waals surface area contributed by atoms with Crippen LogP contribution in [0.4, 0.5) is 8.78 Å². The maximum absolute atomic E-state index is 13.4. The monoisotopic (exact) mass is 312 g/mol. The van der Waals surface area contributed by atoms with Crippen LogP contribution < -0.4 is 10.0 Å². The summed E-state index contributed by atoms with van der Waals surface area (Å²) in [5, 5.41) is 3.11. The number of nitrogens with one attached hydrogen (secondary N) is 2. The highest BCUT2D eigenvalue weighted by Crippen LogP contribution is 2.16. The topological polar surface area (TPSA) is 58.2 Å². The fourth-order valence-corrected chi connectivity index (χ4v) is 3.06. The molecule has 0 bridgehead atoms. The number of sulfonamides is 1. The average molecular weight is 313 g/mol. The summed E-state index contributed by atoms with van der Waals surface area (Å²) in [6.07, 6.45) is 0.883. The van der Waals surface area contributed by atoms with Gasteiger partial charge in [-0.2, -0.15) is 0 Å². The molecule has 8 heteroatoms. The third kappa shape index (κ3) is 4.10. The minimum absolute atomic E-state index is 0. The molecule has 4 nitrogen and oxygen atoms in total. The highest BCUT2D eigenvalue weighted by atomic mass is 35.5. The molecule has 19 heavy (non-hydrogen) atoms. The highest BCUT2D eigenvalue weighted by Gasteiger charge is 2.22. The molecule has 0 aliphatic carbocycles. The van der Waals surface area contributed by atoms with Gasteiger partial charge in [-0.3, -0.25) is 0 Å². The lowest BCUT2D eigenvalue weighted by Crippen LogP contribution is -2.30. The molecule has 0 amide bonds. The summed E-state index contributed by atoms with van der Waals surface area (Å²) in [6, 6.07) is 2.42. The van der Waals surface area contributed by atoms with Crippen molar-refractivity contribution in [3.8, 4) is 0 Å². The summed E-state index contributed by atoms with van der Waals surface area (Å²) in [6.45, 7) is 1.86. The maximum atomic E-state index is 13.4. The Labute approximate surface area is 117 Å². The van der Waals surface area contributed by atoms with E-state index < -0.39 is 26.6 Å². The largest absolute Gasteiger partial charge is 0.316 e. The van der Waals surface area contributed by atoms with Crippen molar-refractivity contribution in [1.29, 1.82) is 0 Å². The molecule has 1 unspecified atom stereocenters. The normalized spacial score (nSPS) is 19.2. The fourth-order valence-electron chi connectivity index (χ4n) is 1.89. The van der Waals surface area contributed by atoms with Crippen LogP contribution in [0.3, 0.4) is 0 Å². The number of benzene rings is 1. The quantitative estimate of drug-likeness (QED) is 0.880. The first-order valence-corrected chi connectivity index (χ1v) is 7.13. The Kier molecular flexibility index (Phi) is 5.66. The zero-order valence-electron chi connectivity index (χ0n) is 10.0. The first kappa shape index (κ1) is 16.3. The van der Waals surface area contributed by atoms with E-state index in [-0.39, 0.29) is 24.9 Å². The van der Waals surface area contributed by atoms with Gasteiger partial charge in [0.1, 0.15) is 16.5 Å². The zero-order valence-corrected chi connectivity index (χ0v) is 11.7. The molecule has 0 spiro atoms. The average Bonchev–Trinajstić information content (AvgIpc) is 2.78. The highest BCUT2D eigenvalue weighted by molar-refractivity contribution is 7.89. The molecule has 1 atom stereocenters. The van der Waals surface area contributed by atoms with Gasteiger partial charge in [-0.1, -0.05) is 0 Å². The van der Waals surface area contributed by atoms with E-state index in [0.717, 1.165) is 31.6 Å². The minimum Gasteiger partial charge on any atom is -0.316 e. The first-order valence-electron chi connectivity index (χ1n) is 5.64. The second-order valence-corrected chi connectivity index (χ2v) is 6.02. The smallest absolute Gasteiger partial charge is 0.243 e. The maximum Gasteiger partial charge on any atom is 0.243 e. The van der Waals surface area contributed by atoms with Crippen molar-refractivity contribution < 1.29 is 17.2 Å². The lowest BCUT2D eigenvalue weighted by Gasteiger charge is -2.11. The zero-order chi connectivity index (χ0) is 13.2. The second kappa shape index (κ2) is 6.60. The third-order valence-corrected chi connectivity index (χ3v) is 4.36. The molecule has 1 aromatic carbocycles. The van der Waals surface area contributed by atoms with Gasteiger partial charge in [-0.25, -0.2) is 21.9 Å². The van der Waals surface area contributed by atoms with Crippen molar-refractivity contribution in [2.24, 2.45) is 5.92 Å². The molecule has 1 saturated heterocycles. The van der Waals surface area contributed by atoms with Crippen LogP contribution >= 0.6 is 12.4 Å². The van der Waals surface area contributed by atoms with E-state index in [9.17, 15) is 17.2 Å². The van der Waals surface area contributed by atoms with Gasteiger partial charge in [0.2, 0.25) is 10.0 Å². The van der Waals surface area contributed by atoms with E-state index in [2.05, 4.69) is 10.0 Å². The Bertz CT molecular complexity index is 533. The van der Waals surface area contributed by atoms with Crippen molar-refractivity contribution in [2.45, 2.75) is 11.3 Å². The Morgan fingerprint density at radius 2 is 2.11 bits per heavy atom. The van der Waals surface area contributed by atoms with E-state index >= 15 is 0 Å². The van der Waals surface area contributed by atoms with Crippen LogP contribution in [0.2, 0.25) is 0 Å². The number of hydrogen-bond donors (Lipinski definition) is 2. The minimum atomic E-state index is -3.91. The van der Waals surface area contributed by atoms with Gasteiger partial charge in [0.05, 0.1) is 0 Å². The molecular weight excluding hydrogens is 298 g/mol. The van der Waals surface area contributed by atoms with E-state index in [4.69, 9.17) is 0 Å². The summed E-state index contributed by atoms with van der Waals surface area (Å²) in [5.41, 5.74) is 0. The van der Waals surface area contributed by atoms with Crippen LogP contribution in [-0.2, 0) is 10.0 Å². The Hall–Kier alpha value is -0.760. The van der Waals surface area contributed by atoms with Gasteiger partial charge in [-0.15, -0.1) is 12.4 Å². The Morgan fingerprint density at radius 1 is 1.37 bits per heavy atom. The van der Waals surface area contributed by atoms with E-state index in [1.54, 1.807) is 0 Å². The van der Waals surface area contributed by atoms with E-state index in [1.807, 2.05) is 0 Å². The predicted molar refractivity (Wildman–Crippen MR) is 69.8 cm³/mol. The van der Waals surface area contributed by atoms with Gasteiger partial charge < -0.3 is 5.32 Å². The van der Waals surface area contributed by atoms with Gasteiger partial charge in [0.15, 0.2) is 0 Å². The second-order valence-electron chi connectivity index (χ2n) is 4.29. The van der Waals surface area contributed by atoms with E-state index in [1.165, 1.54) is 0 Å². The summed E-state index contributed by atoms with van der Waals surface area (Å²) in [7, 11) is -3.91. The van der Waals surface area contributed by atoms with Crippen LogP contribution in [0, 0.1) is 17.6 Å². The molecule has 108 valence electrons. The van der Waals surface area contributed by atoms with Crippen LogP contribution in [0.25, 0.3) is 0 Å². The van der Waals surface area contributed by atoms with Crippen LogP contribution in [0.5, 0.6) is 0 Å². The van der Waals surface area contributed by atoms with Gasteiger partial charge in [0.25, 0.3) is 0 Å². The molecule has 1 aliphatic heterocycles. The third-order valence-electron chi connectivity index (χ3n) is 2.91. The van der Waals surface area contributed by atoms with Gasteiger partial charge in [-0.05, 0) is 37.6 Å². The van der Waals surface area contributed by atoms with Gasteiger partial charge >= 0.3 is 0 Å². The molecule has 0 radical (unpaired) electrons. The van der Waals surface area contributed by atoms with Crippen molar-refractivity contribution >= 4 is 22.4 Å². The molecule has 2 rings (SSSR count). The molecule has 0 saturated carbocycles. The number of rotatable bonds is 4. The fraction of sp³-hybridized carbons (Fsp3) is 0.455. The Balaban J connectivity index is 0.00000180. The van der Waals surface area contributed by atoms with Crippen molar-refractivity contribution in [1.82, 2.24) is 10.0 Å². The lowest BCUT2D eigenvalue weighted by atomic mass is 10.1. The van der Waals surface area contributed by atoms with E-state index in [0.29, 0.717) is 6.07 Å². The van der Waals surface area contributed by atoms with Crippen LogP contribution in [-0.4, -0.2) is 28.1 Å². The number of hydrogen-bond acceptors (Lipinski definition) is 3. The standard InChI is InChI=1S/C11H14F2N2O2S.ClH/c12-9-1-2-11(10(13)5-9)18(16,17)15-7-8-3-4-14-6-8;/h1-2,5,8,14-15H,3-4,6-7H2;1H. The summed E-state index contributed by atoms with van der Waals surface area (Å²) < 4.78 is 52.1. The summed E-state index contributed by atoms with van der Waals surface area (Å²) >= 11 is 0. The van der Waals surface area contributed by atoms with Crippen LogP contribution in [0.15, 0.2) is 23.1 Å². The SMILES string of the molecule is Cl.O=S(=O)(NCC1CCNC1)c1ccc(F)cc1F. The predicted octanol–water partition coefficient (Wildman–Crippen LogP) is 1.27. The summed E-state index contributed by atoms with van der Waals surface area (Å²) in [4.78, 5) is -0.519. The Morgan fingerprint density at radius 3 is 2.68 bits per heavy atom. The molecule has 1 aromatic rings. The lowest BCUT2D eigenvalue weighted by molar-refractivity contribution is 0.524. The van der Waals surface area contributed by atoms with Crippen molar-refractivity contribution in [3.05, 3.63) is 29.8 Å². The molecule has 2 N–H and O–H groups in total. The number of halogens is 3. The van der Waals surface area contributed by atoms with Gasteiger partial charge in [0, 0.05) is 12.6 Å². The first-order chi connectivity index (χ1) is 8.49. The molecule has 1 fully saturated rings. The molecule has 1 heterocycles. The molecule has 1 aliphatic rings.